The van der Waals surface area contributed by atoms with E-state index < -0.39 is 23.4 Å². The van der Waals surface area contributed by atoms with E-state index in [1.165, 1.54) is 12.1 Å². The molecule has 0 radical (unpaired) electrons. The minimum Gasteiger partial charge on any atom is -0.452 e. The van der Waals surface area contributed by atoms with E-state index in [2.05, 4.69) is 5.32 Å². The highest BCUT2D eigenvalue weighted by Gasteiger charge is 2.17. The van der Waals surface area contributed by atoms with Gasteiger partial charge in [0.25, 0.3) is 11.6 Å². The summed E-state index contributed by atoms with van der Waals surface area (Å²) in [6.07, 6.45) is 0. The molecule has 1 N–H and O–H groups in total. The van der Waals surface area contributed by atoms with Crippen LogP contribution in [0.4, 0.5) is 11.4 Å². The topological polar surface area (TPSA) is 98.5 Å². The predicted octanol–water partition coefficient (Wildman–Crippen LogP) is 3.66. The third-order valence-electron chi connectivity index (χ3n) is 3.43. The van der Waals surface area contributed by atoms with Gasteiger partial charge in [0.1, 0.15) is 0 Å². The monoisotopic (exact) mass is 362 g/mol. The lowest BCUT2D eigenvalue weighted by Crippen LogP contribution is -2.21. The smallest absolute Gasteiger partial charge is 0.338 e. The Balaban J connectivity index is 1.97. The second-order valence-electron chi connectivity index (χ2n) is 5.35. The number of hydrogen-bond acceptors (Lipinski definition) is 5. The molecule has 2 aromatic carbocycles. The maximum Gasteiger partial charge on any atom is 0.338 e. The summed E-state index contributed by atoms with van der Waals surface area (Å²) in [5.41, 5.74) is 1.59. The summed E-state index contributed by atoms with van der Waals surface area (Å²) >= 11 is 5.97. The number of carbonyl (C=O) groups is 2. The van der Waals surface area contributed by atoms with Gasteiger partial charge in [-0.2, -0.15) is 0 Å². The van der Waals surface area contributed by atoms with Gasteiger partial charge in [-0.05, 0) is 37.6 Å². The zero-order chi connectivity index (χ0) is 18.6. The second kappa shape index (κ2) is 7.76. The van der Waals surface area contributed by atoms with E-state index in [4.69, 9.17) is 16.3 Å². The number of nitrogens with zero attached hydrogens (tertiary/aromatic N) is 1. The number of amides is 1. The first-order valence-electron chi connectivity index (χ1n) is 7.26. The number of hydrogen-bond donors (Lipinski definition) is 1. The molecule has 0 aliphatic carbocycles. The fourth-order valence-corrected chi connectivity index (χ4v) is 2.20. The molecule has 7 nitrogen and oxygen atoms in total. The molecule has 0 saturated carbocycles. The largest absolute Gasteiger partial charge is 0.452 e. The van der Waals surface area contributed by atoms with E-state index in [0.29, 0.717) is 16.3 Å². The molecule has 1 amide bonds. The zero-order valence-corrected chi connectivity index (χ0v) is 14.3. The van der Waals surface area contributed by atoms with Gasteiger partial charge in [-0.25, -0.2) is 4.79 Å². The van der Waals surface area contributed by atoms with Crippen LogP contribution in [0.1, 0.15) is 21.5 Å². The van der Waals surface area contributed by atoms with Crippen molar-refractivity contribution >= 4 is 34.9 Å². The van der Waals surface area contributed by atoms with Gasteiger partial charge < -0.3 is 10.1 Å². The number of esters is 1. The van der Waals surface area contributed by atoms with Crippen molar-refractivity contribution in [2.75, 3.05) is 11.9 Å². The number of ether oxygens (including phenoxy) is 1. The van der Waals surface area contributed by atoms with Gasteiger partial charge >= 0.3 is 5.97 Å². The second-order valence-corrected chi connectivity index (χ2v) is 5.75. The van der Waals surface area contributed by atoms with Gasteiger partial charge in [-0.3, -0.25) is 14.9 Å². The van der Waals surface area contributed by atoms with Crippen LogP contribution in [0.3, 0.4) is 0 Å². The van der Waals surface area contributed by atoms with Gasteiger partial charge in [0.05, 0.1) is 10.5 Å². The van der Waals surface area contributed by atoms with E-state index in [1.54, 1.807) is 25.1 Å². The van der Waals surface area contributed by atoms with E-state index in [0.717, 1.165) is 11.6 Å². The molecule has 25 heavy (non-hydrogen) atoms. The lowest BCUT2D eigenvalue weighted by Gasteiger charge is -2.08. The Hall–Kier alpha value is -2.93. The first-order chi connectivity index (χ1) is 11.8. The van der Waals surface area contributed by atoms with Crippen molar-refractivity contribution in [3.8, 4) is 0 Å². The molecule has 130 valence electrons. The molecule has 0 fully saturated rings. The van der Waals surface area contributed by atoms with Crippen molar-refractivity contribution in [1.82, 2.24) is 0 Å². The third-order valence-corrected chi connectivity index (χ3v) is 3.84. The Morgan fingerprint density at radius 1 is 1.16 bits per heavy atom. The minimum atomic E-state index is -0.819. The van der Waals surface area contributed by atoms with Gasteiger partial charge in [0.2, 0.25) is 0 Å². The van der Waals surface area contributed by atoms with Crippen LogP contribution >= 0.6 is 11.6 Å². The Bertz CT molecular complexity index is 851. The first kappa shape index (κ1) is 18.4. The average Bonchev–Trinajstić information content (AvgIpc) is 2.56. The van der Waals surface area contributed by atoms with Crippen molar-refractivity contribution in [3.63, 3.8) is 0 Å². The molecular weight excluding hydrogens is 348 g/mol. The number of nitro benzene ring substituents is 1. The fraction of sp³-hybridized carbons (Fsp3) is 0.176. The lowest BCUT2D eigenvalue weighted by atomic mass is 10.1. The van der Waals surface area contributed by atoms with Crippen LogP contribution < -0.4 is 5.32 Å². The molecule has 0 aliphatic rings. The molecule has 8 heteroatoms. The summed E-state index contributed by atoms with van der Waals surface area (Å²) in [7, 11) is 0. The van der Waals surface area contributed by atoms with Crippen molar-refractivity contribution in [2.24, 2.45) is 0 Å². The van der Waals surface area contributed by atoms with Crippen LogP contribution in [0.2, 0.25) is 5.02 Å². The number of nitrogens with one attached hydrogen (secondary N) is 1. The molecule has 0 aliphatic heterocycles. The maximum absolute atomic E-state index is 11.9. The summed E-state index contributed by atoms with van der Waals surface area (Å²) in [5, 5.41) is 13.9. The Morgan fingerprint density at radius 2 is 1.84 bits per heavy atom. The molecule has 0 heterocycles. The third kappa shape index (κ3) is 4.77. The molecule has 0 saturated heterocycles. The van der Waals surface area contributed by atoms with E-state index in [-0.39, 0.29) is 11.3 Å². The lowest BCUT2D eigenvalue weighted by molar-refractivity contribution is -0.385. The molecule has 0 aromatic heterocycles. The number of nitro groups is 1. The van der Waals surface area contributed by atoms with Crippen molar-refractivity contribution in [2.45, 2.75) is 13.8 Å². The number of halogens is 1. The highest BCUT2D eigenvalue weighted by Crippen LogP contribution is 2.21. The molecule has 2 rings (SSSR count). The minimum absolute atomic E-state index is 0.00322. The summed E-state index contributed by atoms with van der Waals surface area (Å²) in [4.78, 5) is 34.1. The Morgan fingerprint density at radius 3 is 2.48 bits per heavy atom. The molecule has 0 spiro atoms. The standard InChI is InChI=1S/C17H15ClN2O5/c1-10-4-6-13(8-14(10)18)19-16(21)9-25-17(22)12-5-3-11(2)15(7-12)20(23)24/h3-8H,9H2,1-2H3,(H,19,21). The van der Waals surface area contributed by atoms with E-state index in [1.807, 2.05) is 6.92 Å². The normalized spacial score (nSPS) is 10.2. The van der Waals surface area contributed by atoms with Gasteiger partial charge in [-0.15, -0.1) is 0 Å². The van der Waals surface area contributed by atoms with E-state index >= 15 is 0 Å². The van der Waals surface area contributed by atoms with Crippen LogP contribution in [-0.4, -0.2) is 23.4 Å². The summed E-state index contributed by atoms with van der Waals surface area (Å²) in [6.45, 7) is 2.87. The highest BCUT2D eigenvalue weighted by atomic mass is 35.5. The number of rotatable bonds is 5. The number of benzene rings is 2. The van der Waals surface area contributed by atoms with Crippen molar-refractivity contribution < 1.29 is 19.2 Å². The maximum atomic E-state index is 11.9. The van der Waals surface area contributed by atoms with Crippen LogP contribution in [0.25, 0.3) is 0 Å². The van der Waals surface area contributed by atoms with Crippen molar-refractivity contribution in [1.29, 1.82) is 0 Å². The van der Waals surface area contributed by atoms with E-state index in [9.17, 15) is 19.7 Å². The molecule has 0 unspecified atom stereocenters. The molecule has 2 aromatic rings. The predicted molar refractivity (Wildman–Crippen MR) is 92.9 cm³/mol. The summed E-state index contributed by atoms with van der Waals surface area (Å²) < 4.78 is 4.88. The summed E-state index contributed by atoms with van der Waals surface area (Å²) in [6, 6.07) is 8.97. The Labute approximate surface area is 148 Å². The zero-order valence-electron chi connectivity index (χ0n) is 13.5. The average molecular weight is 363 g/mol. The molecule has 0 bridgehead atoms. The van der Waals surface area contributed by atoms with Gasteiger partial charge in [-0.1, -0.05) is 23.7 Å². The quantitative estimate of drug-likeness (QED) is 0.497. The van der Waals surface area contributed by atoms with Crippen molar-refractivity contribution in [3.05, 3.63) is 68.2 Å². The Kier molecular flexibility index (Phi) is 5.71. The molecular formula is C17H15ClN2O5. The fourth-order valence-electron chi connectivity index (χ4n) is 2.02. The number of carbonyl (C=O) groups excluding carboxylic acids is 2. The van der Waals surface area contributed by atoms with Crippen LogP contribution in [0, 0.1) is 24.0 Å². The summed E-state index contributed by atoms with van der Waals surface area (Å²) in [5.74, 6) is -1.37. The molecule has 0 atom stereocenters. The van der Waals surface area contributed by atoms with Crippen LogP contribution in [0.5, 0.6) is 0 Å². The van der Waals surface area contributed by atoms with Crippen LogP contribution in [0.15, 0.2) is 36.4 Å². The highest BCUT2D eigenvalue weighted by molar-refractivity contribution is 6.31. The van der Waals surface area contributed by atoms with Gasteiger partial charge in [0, 0.05) is 22.3 Å². The van der Waals surface area contributed by atoms with Gasteiger partial charge in [0.15, 0.2) is 6.61 Å². The number of aryl methyl sites for hydroxylation is 2. The SMILES string of the molecule is Cc1ccc(NC(=O)COC(=O)c2ccc(C)c([N+](=O)[O-])c2)cc1Cl. The first-order valence-corrected chi connectivity index (χ1v) is 7.64. The number of anilines is 1. The van der Waals surface area contributed by atoms with Crippen LogP contribution in [-0.2, 0) is 9.53 Å².